The maximum absolute atomic E-state index is 12.2. The predicted octanol–water partition coefficient (Wildman–Crippen LogP) is 5.66. The fraction of sp³-hybridized carbons (Fsp3) is 0.0769. The predicted molar refractivity (Wildman–Crippen MR) is 136 cm³/mol. The van der Waals surface area contributed by atoms with Crippen molar-refractivity contribution in [2.24, 2.45) is 0 Å². The number of hydrogen-bond acceptors (Lipinski definition) is 6. The van der Waals surface area contributed by atoms with E-state index in [2.05, 4.69) is 15.6 Å². The van der Waals surface area contributed by atoms with Crippen LogP contribution in [-0.4, -0.2) is 18.0 Å². The van der Waals surface area contributed by atoms with E-state index in [0.29, 0.717) is 17.9 Å². The smallest absolute Gasteiger partial charge is 0.248 e. The summed E-state index contributed by atoms with van der Waals surface area (Å²) < 4.78 is 5.21. The molecule has 0 spiro atoms. The van der Waals surface area contributed by atoms with E-state index in [1.165, 1.54) is 6.08 Å². The zero-order valence-corrected chi connectivity index (χ0v) is 18.9. The van der Waals surface area contributed by atoms with E-state index in [4.69, 9.17) is 10.5 Å². The third-order valence-corrected chi connectivity index (χ3v) is 5.73. The van der Waals surface area contributed by atoms with Crippen LogP contribution < -0.4 is 21.1 Å². The molecular weight excluding hydrogens is 432 g/mol. The van der Waals surface area contributed by atoms with Crippen LogP contribution in [0.4, 0.5) is 16.5 Å². The number of nitrogens with two attached hydrogens (primary N) is 1. The third-order valence-electron chi connectivity index (χ3n) is 4.93. The van der Waals surface area contributed by atoms with Crippen LogP contribution in [0.15, 0.2) is 84.3 Å². The largest absolute Gasteiger partial charge is 0.497 e. The number of methoxy groups -OCH3 is 1. The van der Waals surface area contributed by atoms with Crippen LogP contribution in [0.2, 0.25) is 0 Å². The standard InChI is InChI=1S/C26H24N4O2S/c1-32-21-12-10-20(11-13-21)24-17-33-26(30-24)28-16-19-6-4-5-18(15-19)9-14-25(31)29-23-8-3-2-7-22(23)27/h2-15,17H,16,27H2,1H3,(H,28,30)(H,29,31)/b14-9+. The van der Waals surface area contributed by atoms with Crippen LogP contribution in [0.5, 0.6) is 5.75 Å². The average molecular weight is 457 g/mol. The van der Waals surface area contributed by atoms with Crippen molar-refractivity contribution < 1.29 is 9.53 Å². The number of benzene rings is 3. The van der Waals surface area contributed by atoms with Gasteiger partial charge in [0, 0.05) is 23.6 Å². The van der Waals surface area contributed by atoms with Crippen LogP contribution in [0, 0.1) is 0 Å². The third kappa shape index (κ3) is 5.99. The molecule has 0 aliphatic carbocycles. The number of carbonyl (C=O) groups is 1. The summed E-state index contributed by atoms with van der Waals surface area (Å²) in [5.74, 6) is 0.591. The minimum atomic E-state index is -0.231. The molecule has 0 unspecified atom stereocenters. The van der Waals surface area contributed by atoms with Crippen molar-refractivity contribution in [1.82, 2.24) is 4.98 Å². The number of anilines is 3. The van der Waals surface area contributed by atoms with E-state index in [1.54, 1.807) is 36.7 Å². The Bertz CT molecular complexity index is 1270. The van der Waals surface area contributed by atoms with Crippen LogP contribution in [-0.2, 0) is 11.3 Å². The number of nitrogens with zero attached hydrogens (tertiary/aromatic N) is 1. The molecule has 1 heterocycles. The first-order valence-electron chi connectivity index (χ1n) is 10.4. The maximum atomic E-state index is 12.2. The zero-order valence-electron chi connectivity index (χ0n) is 18.1. The normalized spacial score (nSPS) is 10.8. The van der Waals surface area contributed by atoms with E-state index < -0.39 is 0 Å². The number of para-hydroxylation sites is 2. The van der Waals surface area contributed by atoms with Gasteiger partial charge in [0.2, 0.25) is 5.91 Å². The Hall–Kier alpha value is -4.10. The molecule has 4 N–H and O–H groups in total. The first-order chi connectivity index (χ1) is 16.1. The highest BCUT2D eigenvalue weighted by molar-refractivity contribution is 7.14. The number of carbonyl (C=O) groups excluding carboxylic acids is 1. The lowest BCUT2D eigenvalue weighted by molar-refractivity contribution is -0.111. The Morgan fingerprint density at radius 2 is 1.91 bits per heavy atom. The fourth-order valence-corrected chi connectivity index (χ4v) is 3.91. The maximum Gasteiger partial charge on any atom is 0.248 e. The van der Waals surface area contributed by atoms with Gasteiger partial charge in [-0.15, -0.1) is 11.3 Å². The minimum absolute atomic E-state index is 0.231. The molecule has 0 aliphatic rings. The van der Waals surface area contributed by atoms with Gasteiger partial charge in [0.25, 0.3) is 0 Å². The number of nitrogens with one attached hydrogen (secondary N) is 2. The van der Waals surface area contributed by atoms with Crippen molar-refractivity contribution in [3.8, 4) is 17.0 Å². The molecule has 1 aromatic heterocycles. The van der Waals surface area contributed by atoms with Crippen LogP contribution in [0.1, 0.15) is 11.1 Å². The monoisotopic (exact) mass is 456 g/mol. The SMILES string of the molecule is COc1ccc(-c2csc(NCc3cccc(/C=C/C(=O)Nc4ccccc4N)c3)n2)cc1. The van der Waals surface area contributed by atoms with Gasteiger partial charge in [-0.3, -0.25) is 4.79 Å². The summed E-state index contributed by atoms with van der Waals surface area (Å²) in [4.78, 5) is 16.9. The summed E-state index contributed by atoms with van der Waals surface area (Å²) in [5.41, 5.74) is 11.0. The minimum Gasteiger partial charge on any atom is -0.497 e. The first kappa shape index (κ1) is 22.1. The molecule has 7 heteroatoms. The van der Waals surface area contributed by atoms with Gasteiger partial charge < -0.3 is 21.1 Å². The molecule has 0 bridgehead atoms. The second-order valence-corrected chi connectivity index (χ2v) is 8.13. The average Bonchev–Trinajstić information content (AvgIpc) is 3.32. The van der Waals surface area contributed by atoms with Gasteiger partial charge in [-0.2, -0.15) is 0 Å². The van der Waals surface area contributed by atoms with Crippen LogP contribution in [0.3, 0.4) is 0 Å². The molecule has 4 aromatic rings. The second-order valence-electron chi connectivity index (χ2n) is 7.27. The zero-order chi connectivity index (χ0) is 23.0. The van der Waals surface area contributed by atoms with Gasteiger partial charge in [0.05, 0.1) is 24.2 Å². The van der Waals surface area contributed by atoms with Gasteiger partial charge in [0.15, 0.2) is 5.13 Å². The molecule has 0 atom stereocenters. The quantitative estimate of drug-likeness (QED) is 0.235. The molecule has 3 aromatic carbocycles. The number of ether oxygens (including phenoxy) is 1. The van der Waals surface area contributed by atoms with E-state index in [1.807, 2.05) is 66.0 Å². The summed E-state index contributed by atoms with van der Waals surface area (Å²) in [7, 11) is 1.65. The molecule has 1 amide bonds. The highest BCUT2D eigenvalue weighted by Crippen LogP contribution is 2.27. The molecule has 0 fully saturated rings. The molecule has 166 valence electrons. The summed E-state index contributed by atoms with van der Waals surface area (Å²) in [6.07, 6.45) is 3.28. The van der Waals surface area contributed by atoms with Crippen molar-refractivity contribution in [2.75, 3.05) is 23.5 Å². The molecular formula is C26H24N4O2S. The summed E-state index contributed by atoms with van der Waals surface area (Å²) in [5, 5.41) is 9.03. The lowest BCUT2D eigenvalue weighted by Crippen LogP contribution is -2.09. The summed E-state index contributed by atoms with van der Waals surface area (Å²) in [6, 6.07) is 23.0. The molecule has 0 aliphatic heterocycles. The van der Waals surface area contributed by atoms with E-state index in [9.17, 15) is 4.79 Å². The van der Waals surface area contributed by atoms with Gasteiger partial charge >= 0.3 is 0 Å². The van der Waals surface area contributed by atoms with Crippen molar-refractivity contribution >= 4 is 39.8 Å². The van der Waals surface area contributed by atoms with E-state index >= 15 is 0 Å². The van der Waals surface area contributed by atoms with Gasteiger partial charge in [-0.1, -0.05) is 30.3 Å². The molecule has 0 saturated heterocycles. The molecule has 4 rings (SSSR count). The van der Waals surface area contributed by atoms with Gasteiger partial charge in [0.1, 0.15) is 5.75 Å². The highest BCUT2D eigenvalue weighted by atomic mass is 32.1. The summed E-state index contributed by atoms with van der Waals surface area (Å²) >= 11 is 1.56. The Morgan fingerprint density at radius 3 is 2.70 bits per heavy atom. The number of nitrogen functional groups attached to an aromatic ring is 1. The Morgan fingerprint density at radius 1 is 1.09 bits per heavy atom. The van der Waals surface area contributed by atoms with Crippen LogP contribution >= 0.6 is 11.3 Å². The van der Waals surface area contributed by atoms with Crippen molar-refractivity contribution in [1.29, 1.82) is 0 Å². The Balaban J connectivity index is 1.34. The van der Waals surface area contributed by atoms with E-state index in [-0.39, 0.29) is 5.91 Å². The van der Waals surface area contributed by atoms with Crippen molar-refractivity contribution in [3.63, 3.8) is 0 Å². The number of rotatable bonds is 8. The lowest BCUT2D eigenvalue weighted by Gasteiger charge is -2.06. The molecule has 0 radical (unpaired) electrons. The van der Waals surface area contributed by atoms with Crippen molar-refractivity contribution in [2.45, 2.75) is 6.54 Å². The topological polar surface area (TPSA) is 89.3 Å². The van der Waals surface area contributed by atoms with Gasteiger partial charge in [-0.05, 0) is 59.7 Å². The fourth-order valence-electron chi connectivity index (χ4n) is 3.19. The number of aromatic nitrogens is 1. The van der Waals surface area contributed by atoms with Crippen molar-refractivity contribution in [3.05, 3.63) is 95.4 Å². The highest BCUT2D eigenvalue weighted by Gasteiger charge is 2.05. The number of hydrogen-bond donors (Lipinski definition) is 3. The molecule has 33 heavy (non-hydrogen) atoms. The van der Waals surface area contributed by atoms with Gasteiger partial charge in [-0.25, -0.2) is 4.98 Å². The lowest BCUT2D eigenvalue weighted by atomic mass is 10.1. The summed E-state index contributed by atoms with van der Waals surface area (Å²) in [6.45, 7) is 0.629. The first-order valence-corrected chi connectivity index (χ1v) is 11.2. The van der Waals surface area contributed by atoms with E-state index in [0.717, 1.165) is 33.3 Å². The van der Waals surface area contributed by atoms with Crippen LogP contribution in [0.25, 0.3) is 17.3 Å². The Kier molecular flexibility index (Phi) is 7.02. The number of thiazole rings is 1. The number of amides is 1. The Labute approximate surface area is 196 Å². The second kappa shape index (κ2) is 10.5. The molecule has 6 nitrogen and oxygen atoms in total. The molecule has 0 saturated carbocycles.